The van der Waals surface area contributed by atoms with Crippen LogP contribution >= 0.6 is 23.1 Å². The van der Waals surface area contributed by atoms with Crippen LogP contribution in [0.4, 0.5) is 14.5 Å². The molecule has 0 aliphatic heterocycles. The quantitative estimate of drug-likeness (QED) is 0.253. The summed E-state index contributed by atoms with van der Waals surface area (Å²) in [6.45, 7) is 0.164. The number of rotatable bonds is 7. The predicted molar refractivity (Wildman–Crippen MR) is 107 cm³/mol. The van der Waals surface area contributed by atoms with Crippen molar-refractivity contribution in [1.29, 1.82) is 0 Å². The second kappa shape index (κ2) is 9.23. The average Bonchev–Trinajstić information content (AvgIpc) is 3.19. The van der Waals surface area contributed by atoms with Crippen LogP contribution in [0.15, 0.2) is 42.6 Å². The normalized spacial score (nSPS) is 11.9. The van der Waals surface area contributed by atoms with E-state index in [-0.39, 0.29) is 40.1 Å². The predicted octanol–water partition coefficient (Wildman–Crippen LogP) is 2.95. The van der Waals surface area contributed by atoms with Gasteiger partial charge >= 0.3 is 0 Å². The summed E-state index contributed by atoms with van der Waals surface area (Å²) >= 11 is 6.75. The molecule has 4 N–H and O–H groups in total. The third-order valence-corrected chi connectivity index (χ3v) is 4.92. The Bertz CT molecular complexity index is 995. The summed E-state index contributed by atoms with van der Waals surface area (Å²) in [5, 5.41) is 1.05. The van der Waals surface area contributed by atoms with Crippen molar-refractivity contribution in [2.24, 2.45) is 11.6 Å². The smallest absolute Gasteiger partial charge is 0.291 e. The maximum Gasteiger partial charge on any atom is 0.291 e. The van der Waals surface area contributed by atoms with E-state index < -0.39 is 23.6 Å². The van der Waals surface area contributed by atoms with Crippen molar-refractivity contribution in [3.05, 3.63) is 59.9 Å². The highest BCUT2D eigenvalue weighted by atomic mass is 35.5. The van der Waals surface area contributed by atoms with E-state index in [9.17, 15) is 13.6 Å². The minimum absolute atomic E-state index is 0.0369. The number of ether oxygens (including phenoxy) is 1. The lowest BCUT2D eigenvalue weighted by molar-refractivity contribution is 0.0981. The minimum atomic E-state index is -0.793. The van der Waals surface area contributed by atoms with E-state index in [1.54, 1.807) is 0 Å². The molecule has 0 aliphatic rings. The molecule has 29 heavy (non-hydrogen) atoms. The molecule has 1 unspecified atom stereocenters. The van der Waals surface area contributed by atoms with E-state index in [1.807, 2.05) is 0 Å². The number of pyridine rings is 1. The summed E-state index contributed by atoms with van der Waals surface area (Å²) in [6.07, 6.45) is 0.866. The monoisotopic (exact) mass is 439 g/mol. The highest BCUT2D eigenvalue weighted by Crippen LogP contribution is 2.33. The Morgan fingerprint density at radius 3 is 2.59 bits per heavy atom. The molecule has 7 nitrogen and oxygen atoms in total. The van der Waals surface area contributed by atoms with Crippen molar-refractivity contribution < 1.29 is 18.3 Å². The van der Waals surface area contributed by atoms with Gasteiger partial charge in [-0.2, -0.15) is 4.37 Å². The third-order valence-electron chi connectivity index (χ3n) is 3.89. The van der Waals surface area contributed by atoms with Crippen molar-refractivity contribution in [3.8, 4) is 16.3 Å². The van der Waals surface area contributed by atoms with Gasteiger partial charge < -0.3 is 10.5 Å². The molecule has 0 aliphatic carbocycles. The molecule has 11 heteroatoms. The van der Waals surface area contributed by atoms with Crippen molar-refractivity contribution in [3.63, 3.8) is 0 Å². The van der Waals surface area contributed by atoms with Crippen LogP contribution in [0.2, 0.25) is 0 Å². The lowest BCUT2D eigenvalue weighted by Crippen LogP contribution is -2.38. The van der Waals surface area contributed by atoms with Gasteiger partial charge in [-0.1, -0.05) is 12.1 Å². The number of aromatic nitrogens is 2. The number of halogens is 3. The molecule has 0 fully saturated rings. The van der Waals surface area contributed by atoms with Crippen LogP contribution in [-0.2, 0) is 0 Å². The first-order chi connectivity index (χ1) is 14.0. The van der Waals surface area contributed by atoms with Crippen LogP contribution in [0.25, 0.3) is 11.3 Å². The standard InChI is InChI=1S/C18H16ClF2N5O2S/c19-7-10(8-22)28-18-15(9-24-29-18)26(23)17(27)14-6-2-5-13(25-14)16-11(20)3-1-4-12(16)21/h1-6,9-10H,7-8,22-23H2. The summed E-state index contributed by atoms with van der Waals surface area (Å²) in [5.41, 5.74) is 5.27. The van der Waals surface area contributed by atoms with Gasteiger partial charge in [0.05, 0.1) is 23.3 Å². The number of carbonyl (C=O) groups excluding carboxylic acids is 1. The number of benzene rings is 1. The van der Waals surface area contributed by atoms with Gasteiger partial charge in [0.1, 0.15) is 29.1 Å². The van der Waals surface area contributed by atoms with Crippen LogP contribution in [0.3, 0.4) is 0 Å². The number of anilines is 1. The number of nitrogens with two attached hydrogens (primary N) is 2. The Balaban J connectivity index is 1.89. The molecular formula is C18H16ClF2N5O2S. The van der Waals surface area contributed by atoms with Gasteiger partial charge in [0.2, 0.25) is 5.06 Å². The highest BCUT2D eigenvalue weighted by molar-refractivity contribution is 7.08. The zero-order valence-corrected chi connectivity index (χ0v) is 16.5. The molecule has 1 atom stereocenters. The van der Waals surface area contributed by atoms with Gasteiger partial charge in [0.25, 0.3) is 5.91 Å². The van der Waals surface area contributed by atoms with Crippen LogP contribution in [0, 0.1) is 11.6 Å². The topological polar surface area (TPSA) is 107 Å². The molecule has 2 heterocycles. The number of alkyl halides is 1. The molecule has 152 valence electrons. The fraction of sp³-hybridized carbons (Fsp3) is 0.167. The van der Waals surface area contributed by atoms with Crippen molar-refractivity contribution in [1.82, 2.24) is 9.36 Å². The van der Waals surface area contributed by atoms with Crippen LogP contribution in [-0.4, -0.2) is 33.8 Å². The van der Waals surface area contributed by atoms with E-state index >= 15 is 0 Å². The summed E-state index contributed by atoms with van der Waals surface area (Å²) < 4.78 is 37.7. The summed E-state index contributed by atoms with van der Waals surface area (Å²) in [7, 11) is 0. The lowest BCUT2D eigenvalue weighted by atomic mass is 10.1. The van der Waals surface area contributed by atoms with E-state index in [4.69, 9.17) is 27.9 Å². The Hall–Kier alpha value is -2.66. The molecule has 1 amide bonds. The lowest BCUT2D eigenvalue weighted by Gasteiger charge is -2.19. The zero-order valence-electron chi connectivity index (χ0n) is 14.9. The maximum atomic E-state index is 14.0. The molecule has 2 aromatic heterocycles. The van der Waals surface area contributed by atoms with Crippen LogP contribution in [0.1, 0.15) is 10.5 Å². The molecule has 0 radical (unpaired) electrons. The average molecular weight is 440 g/mol. The largest absolute Gasteiger partial charge is 0.475 e. The Labute approximate surface area is 174 Å². The molecule has 0 bridgehead atoms. The fourth-order valence-corrected chi connectivity index (χ4v) is 3.29. The first-order valence-electron chi connectivity index (χ1n) is 8.34. The highest BCUT2D eigenvalue weighted by Gasteiger charge is 2.24. The first-order valence-corrected chi connectivity index (χ1v) is 9.65. The van der Waals surface area contributed by atoms with Crippen molar-refractivity contribution >= 4 is 34.7 Å². The Morgan fingerprint density at radius 2 is 1.93 bits per heavy atom. The van der Waals surface area contributed by atoms with E-state index in [0.29, 0.717) is 0 Å². The summed E-state index contributed by atoms with van der Waals surface area (Å²) in [4.78, 5) is 16.9. The number of nitrogens with zero attached hydrogens (tertiary/aromatic N) is 3. The van der Waals surface area contributed by atoms with Crippen LogP contribution < -0.4 is 21.3 Å². The van der Waals surface area contributed by atoms with Gasteiger partial charge in [-0.15, -0.1) is 11.6 Å². The molecule has 0 saturated carbocycles. The second-order valence-electron chi connectivity index (χ2n) is 5.81. The number of carbonyl (C=O) groups is 1. The molecule has 0 spiro atoms. The Kier molecular flexibility index (Phi) is 6.70. The van der Waals surface area contributed by atoms with E-state index in [2.05, 4.69) is 9.36 Å². The zero-order chi connectivity index (χ0) is 21.0. The molecule has 3 rings (SSSR count). The van der Waals surface area contributed by atoms with Crippen molar-refractivity contribution in [2.75, 3.05) is 17.4 Å². The number of hydrogen-bond acceptors (Lipinski definition) is 7. The second-order valence-corrected chi connectivity index (χ2v) is 6.88. The van der Waals surface area contributed by atoms with Gasteiger partial charge in [-0.05, 0) is 24.3 Å². The van der Waals surface area contributed by atoms with Gasteiger partial charge in [0.15, 0.2) is 0 Å². The van der Waals surface area contributed by atoms with E-state index in [1.165, 1.54) is 30.5 Å². The number of hydrogen-bond donors (Lipinski definition) is 2. The fourth-order valence-electron chi connectivity index (χ4n) is 2.43. The molecule has 1 aromatic carbocycles. The summed E-state index contributed by atoms with van der Waals surface area (Å²) in [5.74, 6) is 3.78. The molecule has 0 saturated heterocycles. The number of hydrazine groups is 1. The SMILES string of the molecule is NCC(CCl)Oc1sncc1N(N)C(=O)c1cccc(-c2c(F)cccc2F)n1. The van der Waals surface area contributed by atoms with Crippen molar-refractivity contribution in [2.45, 2.75) is 6.10 Å². The van der Waals surface area contributed by atoms with Gasteiger partial charge in [0, 0.05) is 18.1 Å². The number of amides is 1. The van der Waals surface area contributed by atoms with Crippen LogP contribution in [0.5, 0.6) is 5.06 Å². The third kappa shape index (κ3) is 4.51. The molecular weight excluding hydrogens is 424 g/mol. The van der Waals surface area contributed by atoms with Gasteiger partial charge in [-0.25, -0.2) is 24.6 Å². The summed E-state index contributed by atoms with van der Waals surface area (Å²) in [6, 6.07) is 7.69. The van der Waals surface area contributed by atoms with Gasteiger partial charge in [-0.3, -0.25) is 4.79 Å². The maximum absolute atomic E-state index is 14.0. The minimum Gasteiger partial charge on any atom is -0.475 e. The van der Waals surface area contributed by atoms with E-state index in [0.717, 1.165) is 28.7 Å². The Morgan fingerprint density at radius 1 is 1.24 bits per heavy atom. The molecule has 3 aromatic rings. The first kappa shape index (κ1) is 21.1.